The standard InChI is InChI=1S/C17H25NO6S/c1-5-24-17(19)13-7-6-8-18(11-13)25(20,21)16-10-14(22-3)12(2)9-15(16)23-4/h9-10,13H,5-8,11H2,1-4H3/t13-/m0/s1. The Morgan fingerprint density at radius 3 is 2.52 bits per heavy atom. The maximum Gasteiger partial charge on any atom is 0.310 e. The predicted octanol–water partition coefficient (Wildman–Crippen LogP) is 1.98. The molecule has 0 amide bonds. The SMILES string of the molecule is CCOC(=O)[C@H]1CCCN(S(=O)(=O)c2cc(OC)c(C)cc2OC)C1. The Labute approximate surface area is 148 Å². The first-order chi connectivity index (χ1) is 11.8. The second kappa shape index (κ2) is 8.05. The minimum Gasteiger partial charge on any atom is -0.496 e. The number of ether oxygens (including phenoxy) is 3. The van der Waals surface area contributed by atoms with Crippen molar-refractivity contribution in [3.8, 4) is 11.5 Å². The molecule has 0 aromatic heterocycles. The molecule has 1 aliphatic heterocycles. The van der Waals surface area contributed by atoms with Gasteiger partial charge in [-0.05, 0) is 38.3 Å². The van der Waals surface area contributed by atoms with Gasteiger partial charge in [0.25, 0.3) is 0 Å². The summed E-state index contributed by atoms with van der Waals surface area (Å²) >= 11 is 0. The molecule has 0 N–H and O–H groups in total. The number of benzene rings is 1. The van der Waals surface area contributed by atoms with Crippen molar-refractivity contribution < 1.29 is 27.4 Å². The summed E-state index contributed by atoms with van der Waals surface area (Å²) in [6.45, 7) is 4.30. The molecule has 0 radical (unpaired) electrons. The molecule has 0 spiro atoms. The van der Waals surface area contributed by atoms with Crippen LogP contribution in [-0.2, 0) is 19.6 Å². The molecular formula is C17H25NO6S. The molecule has 7 nitrogen and oxygen atoms in total. The fourth-order valence-corrected chi connectivity index (χ4v) is 4.65. The Morgan fingerprint density at radius 1 is 1.24 bits per heavy atom. The number of esters is 1. The van der Waals surface area contributed by atoms with E-state index in [0.29, 0.717) is 25.1 Å². The normalized spacial score (nSPS) is 18.6. The number of piperidine rings is 1. The first kappa shape index (κ1) is 19.5. The lowest BCUT2D eigenvalue weighted by atomic mass is 10.0. The van der Waals surface area contributed by atoms with Gasteiger partial charge in [0, 0.05) is 19.2 Å². The fraction of sp³-hybridized carbons (Fsp3) is 0.588. The molecule has 0 unspecified atom stereocenters. The number of carbonyl (C=O) groups excluding carboxylic acids is 1. The van der Waals surface area contributed by atoms with Crippen LogP contribution >= 0.6 is 0 Å². The van der Waals surface area contributed by atoms with E-state index in [0.717, 1.165) is 5.56 Å². The molecule has 0 bridgehead atoms. The van der Waals surface area contributed by atoms with E-state index in [1.807, 2.05) is 6.92 Å². The van der Waals surface area contributed by atoms with Crippen LogP contribution in [-0.4, -0.2) is 52.6 Å². The molecular weight excluding hydrogens is 346 g/mol. The van der Waals surface area contributed by atoms with Gasteiger partial charge in [0.1, 0.15) is 16.4 Å². The number of sulfonamides is 1. The third kappa shape index (κ3) is 4.07. The molecule has 25 heavy (non-hydrogen) atoms. The molecule has 140 valence electrons. The maximum atomic E-state index is 13.1. The summed E-state index contributed by atoms with van der Waals surface area (Å²) in [7, 11) is -0.898. The maximum absolute atomic E-state index is 13.1. The van der Waals surface area contributed by atoms with E-state index in [-0.39, 0.29) is 29.8 Å². The van der Waals surface area contributed by atoms with Crippen LogP contribution in [0.15, 0.2) is 17.0 Å². The quantitative estimate of drug-likeness (QED) is 0.711. The zero-order valence-corrected chi connectivity index (χ0v) is 15.9. The number of methoxy groups -OCH3 is 2. The molecule has 0 saturated carbocycles. The zero-order valence-electron chi connectivity index (χ0n) is 15.1. The van der Waals surface area contributed by atoms with Crippen molar-refractivity contribution in [1.29, 1.82) is 0 Å². The Bertz CT molecular complexity index is 731. The summed E-state index contributed by atoms with van der Waals surface area (Å²) in [4.78, 5) is 12.0. The summed E-state index contributed by atoms with van der Waals surface area (Å²) in [6, 6.07) is 3.11. The highest BCUT2D eigenvalue weighted by Gasteiger charge is 2.35. The van der Waals surface area contributed by atoms with Crippen molar-refractivity contribution in [2.45, 2.75) is 31.6 Å². The summed E-state index contributed by atoms with van der Waals surface area (Å²) < 4.78 is 43.1. The first-order valence-electron chi connectivity index (χ1n) is 8.24. The van der Waals surface area contributed by atoms with Gasteiger partial charge in [0.05, 0.1) is 26.7 Å². The molecule has 1 fully saturated rings. The van der Waals surface area contributed by atoms with E-state index in [1.54, 1.807) is 13.0 Å². The molecule has 0 aliphatic carbocycles. The highest BCUT2D eigenvalue weighted by atomic mass is 32.2. The van der Waals surface area contributed by atoms with Crippen LogP contribution in [0.1, 0.15) is 25.3 Å². The lowest BCUT2D eigenvalue weighted by Crippen LogP contribution is -2.42. The molecule has 1 heterocycles. The van der Waals surface area contributed by atoms with Crippen LogP contribution in [0.25, 0.3) is 0 Å². The summed E-state index contributed by atoms with van der Waals surface area (Å²) in [5.41, 5.74) is 0.779. The van der Waals surface area contributed by atoms with Gasteiger partial charge >= 0.3 is 5.97 Å². The zero-order chi connectivity index (χ0) is 18.6. The summed E-state index contributed by atoms with van der Waals surface area (Å²) in [6.07, 6.45) is 1.23. The van der Waals surface area contributed by atoms with Crippen molar-refractivity contribution in [1.82, 2.24) is 4.31 Å². The monoisotopic (exact) mass is 371 g/mol. The summed E-state index contributed by atoms with van der Waals surface area (Å²) in [5.74, 6) is -0.0625. The number of rotatable bonds is 6. The lowest BCUT2D eigenvalue weighted by Gasteiger charge is -2.31. The van der Waals surface area contributed by atoms with Gasteiger partial charge < -0.3 is 14.2 Å². The van der Waals surface area contributed by atoms with Crippen LogP contribution in [0.3, 0.4) is 0 Å². The van der Waals surface area contributed by atoms with Crippen LogP contribution in [0.4, 0.5) is 0 Å². The smallest absolute Gasteiger partial charge is 0.310 e. The number of carbonyl (C=O) groups is 1. The van der Waals surface area contributed by atoms with Gasteiger partial charge in [-0.3, -0.25) is 4.79 Å². The Balaban J connectivity index is 2.36. The average Bonchev–Trinajstić information content (AvgIpc) is 2.61. The van der Waals surface area contributed by atoms with Gasteiger partial charge in [-0.1, -0.05) is 0 Å². The van der Waals surface area contributed by atoms with Gasteiger partial charge in [0.2, 0.25) is 10.0 Å². The van der Waals surface area contributed by atoms with Crippen molar-refractivity contribution >= 4 is 16.0 Å². The number of hydrogen-bond acceptors (Lipinski definition) is 6. The van der Waals surface area contributed by atoms with Gasteiger partial charge in [-0.25, -0.2) is 8.42 Å². The lowest BCUT2D eigenvalue weighted by molar-refractivity contribution is -0.149. The van der Waals surface area contributed by atoms with Crippen LogP contribution in [0, 0.1) is 12.8 Å². The highest BCUT2D eigenvalue weighted by molar-refractivity contribution is 7.89. The summed E-state index contributed by atoms with van der Waals surface area (Å²) in [5, 5.41) is 0. The van der Waals surface area contributed by atoms with E-state index < -0.39 is 15.9 Å². The number of aryl methyl sites for hydroxylation is 1. The topological polar surface area (TPSA) is 82.1 Å². The van der Waals surface area contributed by atoms with Gasteiger partial charge in [-0.15, -0.1) is 0 Å². The largest absolute Gasteiger partial charge is 0.496 e. The second-order valence-corrected chi connectivity index (χ2v) is 7.83. The van der Waals surface area contributed by atoms with Crippen molar-refractivity contribution in [2.75, 3.05) is 33.9 Å². The molecule has 1 saturated heterocycles. The predicted molar refractivity (Wildman–Crippen MR) is 92.4 cm³/mol. The van der Waals surface area contributed by atoms with Crippen molar-refractivity contribution in [3.05, 3.63) is 17.7 Å². The van der Waals surface area contributed by atoms with E-state index in [1.165, 1.54) is 24.6 Å². The van der Waals surface area contributed by atoms with E-state index in [9.17, 15) is 13.2 Å². The van der Waals surface area contributed by atoms with Crippen LogP contribution in [0.5, 0.6) is 11.5 Å². The van der Waals surface area contributed by atoms with Crippen molar-refractivity contribution in [2.24, 2.45) is 5.92 Å². The minimum absolute atomic E-state index is 0.0435. The van der Waals surface area contributed by atoms with E-state index >= 15 is 0 Å². The van der Waals surface area contributed by atoms with Crippen LogP contribution in [0.2, 0.25) is 0 Å². The van der Waals surface area contributed by atoms with E-state index in [2.05, 4.69) is 0 Å². The fourth-order valence-electron chi connectivity index (χ4n) is 2.98. The molecule has 2 rings (SSSR count). The van der Waals surface area contributed by atoms with Gasteiger partial charge in [0.15, 0.2) is 0 Å². The average molecular weight is 371 g/mol. The highest BCUT2D eigenvalue weighted by Crippen LogP contribution is 2.35. The first-order valence-corrected chi connectivity index (χ1v) is 9.68. The van der Waals surface area contributed by atoms with Crippen molar-refractivity contribution in [3.63, 3.8) is 0 Å². The third-order valence-electron chi connectivity index (χ3n) is 4.30. The minimum atomic E-state index is -3.81. The molecule has 1 atom stereocenters. The third-order valence-corrected chi connectivity index (χ3v) is 6.19. The Morgan fingerprint density at radius 2 is 1.92 bits per heavy atom. The molecule has 1 aromatic rings. The Kier molecular flexibility index (Phi) is 6.29. The molecule has 8 heteroatoms. The number of nitrogens with zero attached hydrogens (tertiary/aromatic N) is 1. The van der Waals surface area contributed by atoms with Gasteiger partial charge in [-0.2, -0.15) is 4.31 Å². The van der Waals surface area contributed by atoms with E-state index in [4.69, 9.17) is 14.2 Å². The Hall–Kier alpha value is -1.80. The second-order valence-electron chi connectivity index (χ2n) is 5.93. The number of hydrogen-bond donors (Lipinski definition) is 0. The molecule has 1 aliphatic rings. The molecule has 1 aromatic carbocycles. The van der Waals surface area contributed by atoms with Crippen LogP contribution < -0.4 is 9.47 Å².